The van der Waals surface area contributed by atoms with E-state index in [0.29, 0.717) is 12.5 Å². The largest absolute Gasteiger partial charge is 0.460 e. The first kappa shape index (κ1) is 18.2. The minimum Gasteiger partial charge on any atom is -0.460 e. The first-order valence-corrected chi connectivity index (χ1v) is 9.20. The number of hydrogen-bond donors (Lipinski definition) is 0. The van der Waals surface area contributed by atoms with Gasteiger partial charge < -0.3 is 9.47 Å². The Morgan fingerprint density at radius 2 is 2.04 bits per heavy atom. The normalized spacial score (nSPS) is 24.4. The second-order valence-electron chi connectivity index (χ2n) is 8.00. The fraction of sp³-hybridized carbons (Fsp3) is 0.571. The van der Waals surface area contributed by atoms with Crippen LogP contribution in [0.2, 0.25) is 0 Å². The first-order valence-electron chi connectivity index (χ1n) is 9.20. The third-order valence-corrected chi connectivity index (χ3v) is 4.74. The summed E-state index contributed by atoms with van der Waals surface area (Å²) in [5.74, 6) is -0.136. The Balaban J connectivity index is 1.63. The molecule has 2 atom stereocenters. The van der Waals surface area contributed by atoms with Crippen LogP contribution >= 0.6 is 0 Å². The van der Waals surface area contributed by atoms with Crippen LogP contribution in [0.5, 0.6) is 0 Å². The molecule has 1 aliphatic heterocycles. The van der Waals surface area contributed by atoms with Crippen molar-refractivity contribution in [1.82, 2.24) is 4.90 Å². The van der Waals surface area contributed by atoms with Crippen molar-refractivity contribution in [3.05, 3.63) is 47.5 Å². The van der Waals surface area contributed by atoms with E-state index in [9.17, 15) is 4.79 Å². The van der Waals surface area contributed by atoms with Crippen molar-refractivity contribution in [3.8, 4) is 0 Å². The molecule has 4 nitrogen and oxygen atoms in total. The number of hydrogen-bond acceptors (Lipinski definition) is 4. The molecular weight excluding hydrogens is 314 g/mol. The zero-order valence-electron chi connectivity index (χ0n) is 15.5. The number of esters is 1. The molecule has 0 spiro atoms. The van der Waals surface area contributed by atoms with Crippen LogP contribution in [-0.4, -0.2) is 41.8 Å². The molecule has 0 saturated carbocycles. The molecule has 1 fully saturated rings. The lowest BCUT2D eigenvalue weighted by molar-refractivity contribution is -0.154. The van der Waals surface area contributed by atoms with Crippen molar-refractivity contribution in [2.45, 2.75) is 64.3 Å². The zero-order valence-corrected chi connectivity index (χ0v) is 15.5. The average Bonchev–Trinajstić information content (AvgIpc) is 2.54. The lowest BCUT2D eigenvalue weighted by Gasteiger charge is -2.43. The van der Waals surface area contributed by atoms with Gasteiger partial charge in [-0.3, -0.25) is 9.69 Å². The predicted octanol–water partition coefficient (Wildman–Crippen LogP) is 3.71. The van der Waals surface area contributed by atoms with Crippen LogP contribution in [0.3, 0.4) is 0 Å². The Morgan fingerprint density at radius 1 is 1.28 bits per heavy atom. The molecule has 2 unspecified atom stereocenters. The molecule has 1 heterocycles. The smallest absolute Gasteiger partial charge is 0.310 e. The van der Waals surface area contributed by atoms with Gasteiger partial charge in [0.1, 0.15) is 5.60 Å². The number of fused-ring (bicyclic) bond motifs is 1. The van der Waals surface area contributed by atoms with E-state index < -0.39 is 5.60 Å². The molecule has 4 heteroatoms. The maximum atomic E-state index is 12.2. The van der Waals surface area contributed by atoms with Crippen molar-refractivity contribution < 1.29 is 14.3 Å². The van der Waals surface area contributed by atoms with Crippen molar-refractivity contribution in [2.75, 3.05) is 13.2 Å². The summed E-state index contributed by atoms with van der Waals surface area (Å²) in [4.78, 5) is 14.7. The lowest BCUT2D eigenvalue weighted by atomic mass is 9.88. The molecule has 136 valence electrons. The average molecular weight is 343 g/mol. The highest BCUT2D eigenvalue weighted by Crippen LogP contribution is 2.31. The quantitative estimate of drug-likeness (QED) is 0.617. The zero-order chi connectivity index (χ0) is 17.9. The second kappa shape index (κ2) is 7.71. The minimum absolute atomic E-state index is 0.136. The van der Waals surface area contributed by atoms with Crippen LogP contribution < -0.4 is 0 Å². The first-order chi connectivity index (χ1) is 11.9. The van der Waals surface area contributed by atoms with E-state index >= 15 is 0 Å². The molecule has 0 radical (unpaired) electrons. The maximum Gasteiger partial charge on any atom is 0.310 e. The summed E-state index contributed by atoms with van der Waals surface area (Å²) >= 11 is 0. The SMILES string of the molecule is CC(C)(C)OC(=O)CC1=CCC2OCCN(Cc3ccccc3)C2C1. The Morgan fingerprint density at radius 3 is 2.76 bits per heavy atom. The number of rotatable bonds is 4. The highest BCUT2D eigenvalue weighted by atomic mass is 16.6. The Hall–Kier alpha value is -1.65. The van der Waals surface area contributed by atoms with Crippen molar-refractivity contribution in [2.24, 2.45) is 0 Å². The van der Waals surface area contributed by atoms with Gasteiger partial charge in [0.25, 0.3) is 0 Å². The second-order valence-corrected chi connectivity index (χ2v) is 8.00. The monoisotopic (exact) mass is 343 g/mol. The molecule has 0 amide bonds. The molecule has 2 aliphatic rings. The molecule has 0 N–H and O–H groups in total. The summed E-state index contributed by atoms with van der Waals surface area (Å²) in [6.45, 7) is 8.39. The lowest BCUT2D eigenvalue weighted by Crippen LogP contribution is -2.52. The van der Waals surface area contributed by atoms with E-state index in [0.717, 1.165) is 32.5 Å². The van der Waals surface area contributed by atoms with Gasteiger partial charge in [0, 0.05) is 19.1 Å². The Bertz CT molecular complexity index is 618. The Kier molecular flexibility index (Phi) is 5.60. The number of morpholine rings is 1. The van der Waals surface area contributed by atoms with Gasteiger partial charge in [-0.1, -0.05) is 42.0 Å². The fourth-order valence-electron chi connectivity index (χ4n) is 3.68. The van der Waals surface area contributed by atoms with E-state index in [2.05, 4.69) is 35.2 Å². The summed E-state index contributed by atoms with van der Waals surface area (Å²) in [6.07, 6.45) is 4.57. The summed E-state index contributed by atoms with van der Waals surface area (Å²) in [6, 6.07) is 10.9. The molecule has 1 aliphatic carbocycles. The number of ether oxygens (including phenoxy) is 2. The van der Waals surface area contributed by atoms with Gasteiger partial charge in [-0.25, -0.2) is 0 Å². The van der Waals surface area contributed by atoms with Gasteiger partial charge in [-0.15, -0.1) is 0 Å². The molecule has 0 bridgehead atoms. The fourth-order valence-corrected chi connectivity index (χ4v) is 3.68. The van der Waals surface area contributed by atoms with Crippen LogP contribution in [0, 0.1) is 0 Å². The third-order valence-electron chi connectivity index (χ3n) is 4.74. The van der Waals surface area contributed by atoms with Gasteiger partial charge in [-0.2, -0.15) is 0 Å². The molecule has 3 rings (SSSR count). The van der Waals surface area contributed by atoms with Crippen molar-refractivity contribution in [3.63, 3.8) is 0 Å². The summed E-state index contributed by atoms with van der Waals surface area (Å²) in [5.41, 5.74) is 2.08. The molecular formula is C21H29NO3. The summed E-state index contributed by atoms with van der Waals surface area (Å²) in [7, 11) is 0. The Labute approximate surface area is 150 Å². The number of carbonyl (C=O) groups excluding carboxylic acids is 1. The van der Waals surface area contributed by atoms with Crippen LogP contribution in [-0.2, 0) is 20.8 Å². The molecule has 0 aromatic heterocycles. The van der Waals surface area contributed by atoms with Crippen LogP contribution in [0.15, 0.2) is 42.0 Å². The van der Waals surface area contributed by atoms with Gasteiger partial charge in [0.2, 0.25) is 0 Å². The summed E-state index contributed by atoms with van der Waals surface area (Å²) in [5, 5.41) is 0. The topological polar surface area (TPSA) is 38.8 Å². The van der Waals surface area contributed by atoms with Crippen LogP contribution in [0.1, 0.15) is 45.6 Å². The van der Waals surface area contributed by atoms with E-state index in [1.165, 1.54) is 11.1 Å². The van der Waals surface area contributed by atoms with E-state index in [1.54, 1.807) is 0 Å². The number of benzene rings is 1. The van der Waals surface area contributed by atoms with Crippen LogP contribution in [0.4, 0.5) is 0 Å². The molecule has 25 heavy (non-hydrogen) atoms. The standard InChI is InChI=1S/C21H29NO3/c1-21(2,3)25-20(23)14-17-9-10-19-18(13-17)22(11-12-24-19)15-16-7-5-4-6-8-16/h4-9,18-19H,10-15H2,1-3H3. The number of nitrogens with zero attached hydrogens (tertiary/aromatic N) is 1. The highest BCUT2D eigenvalue weighted by Gasteiger charge is 2.35. The van der Waals surface area contributed by atoms with E-state index in [4.69, 9.17) is 9.47 Å². The van der Waals surface area contributed by atoms with Gasteiger partial charge in [0.15, 0.2) is 0 Å². The molecule has 1 saturated heterocycles. The minimum atomic E-state index is -0.428. The van der Waals surface area contributed by atoms with Crippen molar-refractivity contribution >= 4 is 5.97 Å². The van der Waals surface area contributed by atoms with Crippen LogP contribution in [0.25, 0.3) is 0 Å². The van der Waals surface area contributed by atoms with Gasteiger partial charge >= 0.3 is 5.97 Å². The third kappa shape index (κ3) is 5.16. The molecule has 1 aromatic rings. The number of carbonyl (C=O) groups is 1. The highest BCUT2D eigenvalue weighted by molar-refractivity contribution is 5.73. The molecule has 1 aromatic carbocycles. The maximum absolute atomic E-state index is 12.2. The van der Waals surface area contributed by atoms with Crippen molar-refractivity contribution in [1.29, 1.82) is 0 Å². The summed E-state index contributed by atoms with van der Waals surface area (Å²) < 4.78 is 11.5. The van der Waals surface area contributed by atoms with E-state index in [-0.39, 0.29) is 12.1 Å². The van der Waals surface area contributed by atoms with Gasteiger partial charge in [-0.05, 0) is 39.2 Å². The van der Waals surface area contributed by atoms with E-state index in [1.807, 2.05) is 26.8 Å². The van der Waals surface area contributed by atoms with Gasteiger partial charge in [0.05, 0.1) is 19.1 Å². The predicted molar refractivity (Wildman–Crippen MR) is 98.2 cm³/mol.